The number of carbonyl (C=O) groups is 1. The predicted octanol–water partition coefficient (Wildman–Crippen LogP) is 7.10. The molecule has 0 fully saturated rings. The van der Waals surface area contributed by atoms with Gasteiger partial charge in [0.05, 0.1) is 12.1 Å². The number of carbonyl (C=O) groups excluding carboxylic acids is 1. The molecule has 6 heteroatoms. The van der Waals surface area contributed by atoms with Crippen LogP contribution < -0.4 is 14.8 Å². The number of hydrogen-bond acceptors (Lipinski definition) is 4. The lowest BCUT2D eigenvalue weighted by molar-refractivity contribution is -0.116. The third kappa shape index (κ3) is 4.68. The maximum atomic E-state index is 14.0. The molecule has 0 radical (unpaired) electrons. The van der Waals surface area contributed by atoms with Crippen molar-refractivity contribution < 1.29 is 18.7 Å². The summed E-state index contributed by atoms with van der Waals surface area (Å²) in [4.78, 5) is 14.1. The molecule has 0 saturated heterocycles. The Bertz CT molecular complexity index is 1260. The molecule has 0 spiro atoms. The lowest BCUT2D eigenvalue weighted by atomic mass is 9.71. The van der Waals surface area contributed by atoms with Crippen LogP contribution in [0.5, 0.6) is 11.5 Å². The molecule has 184 valence electrons. The van der Waals surface area contributed by atoms with Gasteiger partial charge in [0, 0.05) is 22.8 Å². The summed E-state index contributed by atoms with van der Waals surface area (Å²) >= 11 is 1.76. The van der Waals surface area contributed by atoms with Gasteiger partial charge in [-0.1, -0.05) is 45.0 Å². The van der Waals surface area contributed by atoms with Gasteiger partial charge in [0.1, 0.15) is 12.4 Å². The molecule has 4 nitrogen and oxygen atoms in total. The maximum Gasteiger partial charge on any atom is 0.225 e. The molecule has 1 aromatic heterocycles. The van der Waals surface area contributed by atoms with E-state index in [0.717, 1.165) is 23.4 Å². The van der Waals surface area contributed by atoms with Crippen molar-refractivity contribution in [1.29, 1.82) is 0 Å². The van der Waals surface area contributed by atoms with Crippen LogP contribution in [0.2, 0.25) is 0 Å². The average Bonchev–Trinajstić information content (AvgIpc) is 3.19. The number of halogens is 1. The minimum Gasteiger partial charge on any atom is -0.493 e. The monoisotopic (exact) mass is 493 g/mol. The number of nitrogens with one attached hydrogen (secondary N) is 1. The van der Waals surface area contributed by atoms with Gasteiger partial charge < -0.3 is 14.8 Å². The normalized spacial score (nSPS) is 19.5. The number of hydrogen-bond donors (Lipinski definition) is 1. The summed E-state index contributed by atoms with van der Waals surface area (Å²) in [7, 11) is 1.60. The molecule has 1 amide bonds. The number of methoxy groups -OCH3 is 1. The summed E-state index contributed by atoms with van der Waals surface area (Å²) in [5.74, 6) is 1.53. The molecule has 2 heterocycles. The molecule has 1 aliphatic carbocycles. The average molecular weight is 494 g/mol. The van der Waals surface area contributed by atoms with E-state index >= 15 is 0 Å². The van der Waals surface area contributed by atoms with Crippen molar-refractivity contribution in [2.45, 2.75) is 59.0 Å². The maximum absolute atomic E-state index is 14.0. The van der Waals surface area contributed by atoms with E-state index < -0.39 is 0 Å². The van der Waals surface area contributed by atoms with E-state index in [1.807, 2.05) is 18.2 Å². The number of amides is 1. The summed E-state index contributed by atoms with van der Waals surface area (Å²) in [5, 5.41) is 4.15. The zero-order chi connectivity index (χ0) is 24.7. The molecular formula is C29H32FNO3S. The summed E-state index contributed by atoms with van der Waals surface area (Å²) in [6.07, 6.45) is 3.71. The van der Waals surface area contributed by atoms with Crippen molar-refractivity contribution >= 4 is 22.2 Å². The van der Waals surface area contributed by atoms with Crippen molar-refractivity contribution in [1.82, 2.24) is 0 Å². The Hall–Kier alpha value is -2.86. The van der Waals surface area contributed by atoms with E-state index in [2.05, 4.69) is 26.1 Å². The second-order valence-corrected chi connectivity index (χ2v) is 11.8. The van der Waals surface area contributed by atoms with Gasteiger partial charge in [0.15, 0.2) is 11.5 Å². The predicted molar refractivity (Wildman–Crippen MR) is 138 cm³/mol. The topological polar surface area (TPSA) is 47.6 Å². The van der Waals surface area contributed by atoms with Crippen molar-refractivity contribution in [3.63, 3.8) is 0 Å². The van der Waals surface area contributed by atoms with Crippen molar-refractivity contribution in [2.24, 2.45) is 11.3 Å². The molecule has 3 aromatic rings. The smallest absolute Gasteiger partial charge is 0.225 e. The fourth-order valence-corrected chi connectivity index (χ4v) is 6.76. The number of anilines is 1. The lowest BCUT2D eigenvalue weighted by Crippen LogP contribution is -2.27. The first-order chi connectivity index (χ1) is 16.7. The van der Waals surface area contributed by atoms with Crippen LogP contribution in [0.4, 0.5) is 9.39 Å². The quantitative estimate of drug-likeness (QED) is 0.412. The second kappa shape index (κ2) is 9.30. The van der Waals surface area contributed by atoms with E-state index in [1.54, 1.807) is 36.6 Å². The van der Waals surface area contributed by atoms with Crippen LogP contribution in [-0.4, -0.2) is 13.0 Å². The Balaban J connectivity index is 1.44. The summed E-state index contributed by atoms with van der Waals surface area (Å²) < 4.78 is 25.6. The molecule has 2 aromatic carbocycles. The van der Waals surface area contributed by atoms with Gasteiger partial charge >= 0.3 is 0 Å². The Kier molecular flexibility index (Phi) is 6.34. The Morgan fingerprint density at radius 2 is 1.91 bits per heavy atom. The molecule has 0 saturated carbocycles. The van der Waals surface area contributed by atoms with Crippen LogP contribution in [0.1, 0.15) is 66.7 Å². The van der Waals surface area contributed by atoms with Gasteiger partial charge in [-0.25, -0.2) is 4.39 Å². The lowest BCUT2D eigenvalue weighted by Gasteiger charge is -2.34. The van der Waals surface area contributed by atoms with Crippen molar-refractivity contribution in [3.8, 4) is 11.5 Å². The van der Waals surface area contributed by atoms with Crippen molar-refractivity contribution in [2.75, 3.05) is 12.4 Å². The van der Waals surface area contributed by atoms with Gasteiger partial charge in [-0.05, 0) is 65.5 Å². The minimum atomic E-state index is -0.292. The fraction of sp³-hybridized carbons (Fsp3) is 0.414. The Labute approximate surface area is 210 Å². The van der Waals surface area contributed by atoms with Crippen LogP contribution in [0.3, 0.4) is 0 Å². The van der Waals surface area contributed by atoms with Crippen molar-refractivity contribution in [3.05, 3.63) is 75.4 Å². The number of fused-ring (bicyclic) bond motifs is 3. The van der Waals surface area contributed by atoms with Crippen LogP contribution in [0, 0.1) is 17.2 Å². The molecule has 5 rings (SSSR count). The zero-order valence-corrected chi connectivity index (χ0v) is 21.6. The van der Waals surface area contributed by atoms with Gasteiger partial charge in [-0.15, -0.1) is 11.3 Å². The van der Waals surface area contributed by atoms with E-state index in [-0.39, 0.29) is 29.7 Å². The molecule has 2 atom stereocenters. The SMILES string of the molecule is COc1cc([C@H]2CC(=O)Nc3sc4c(c32)CC[C@@H](C(C)(C)C)C4)ccc1OCc1ccccc1F. The van der Waals surface area contributed by atoms with Gasteiger partial charge in [0.2, 0.25) is 5.91 Å². The highest BCUT2D eigenvalue weighted by molar-refractivity contribution is 7.16. The van der Waals surface area contributed by atoms with Crippen LogP contribution in [0.25, 0.3) is 0 Å². The highest BCUT2D eigenvalue weighted by Gasteiger charge is 2.37. The first kappa shape index (κ1) is 23.9. The minimum absolute atomic E-state index is 0.0144. The van der Waals surface area contributed by atoms with E-state index in [9.17, 15) is 9.18 Å². The first-order valence-corrected chi connectivity index (χ1v) is 13.0. The number of benzene rings is 2. The molecule has 0 unspecified atom stereocenters. The molecular weight excluding hydrogens is 461 g/mol. The number of thiophene rings is 1. The van der Waals surface area contributed by atoms with Crippen LogP contribution in [-0.2, 0) is 24.2 Å². The van der Waals surface area contributed by atoms with E-state index in [1.165, 1.54) is 28.5 Å². The fourth-order valence-electron chi connectivity index (χ4n) is 5.35. The zero-order valence-electron chi connectivity index (χ0n) is 20.7. The van der Waals surface area contributed by atoms with E-state index in [4.69, 9.17) is 9.47 Å². The van der Waals surface area contributed by atoms with Crippen LogP contribution in [0.15, 0.2) is 42.5 Å². The van der Waals surface area contributed by atoms with Gasteiger partial charge in [0.25, 0.3) is 0 Å². The Morgan fingerprint density at radius 3 is 2.66 bits per heavy atom. The molecule has 0 bridgehead atoms. The summed E-state index contributed by atoms with van der Waals surface area (Å²) in [6.45, 7) is 7.08. The van der Waals surface area contributed by atoms with Gasteiger partial charge in [-0.2, -0.15) is 0 Å². The molecule has 35 heavy (non-hydrogen) atoms. The third-order valence-corrected chi connectivity index (χ3v) is 8.64. The van der Waals surface area contributed by atoms with Crippen LogP contribution >= 0.6 is 11.3 Å². The standard InChI is InChI=1S/C29H32FNO3S/c1-29(2,3)19-10-11-20-25(14-19)35-28-27(20)21(15-26(32)31-28)17-9-12-23(24(13-17)33-4)34-16-18-7-5-6-8-22(18)30/h5-9,12-13,19,21H,10-11,14-16H2,1-4H3,(H,31,32)/t19-,21-/m1/s1. The number of rotatable bonds is 5. The molecule has 1 N–H and O–H groups in total. The third-order valence-electron chi connectivity index (χ3n) is 7.45. The van der Waals surface area contributed by atoms with E-state index in [0.29, 0.717) is 29.4 Å². The second-order valence-electron chi connectivity index (χ2n) is 10.6. The largest absolute Gasteiger partial charge is 0.493 e. The molecule has 2 aliphatic rings. The van der Waals surface area contributed by atoms with Gasteiger partial charge in [-0.3, -0.25) is 4.79 Å². The molecule has 1 aliphatic heterocycles. The number of ether oxygens (including phenoxy) is 2. The summed E-state index contributed by atoms with van der Waals surface area (Å²) in [6, 6.07) is 12.4. The highest BCUT2D eigenvalue weighted by atomic mass is 32.1. The highest BCUT2D eigenvalue weighted by Crippen LogP contribution is 2.50. The summed E-state index contributed by atoms with van der Waals surface area (Å²) in [5.41, 5.74) is 4.50. The first-order valence-electron chi connectivity index (χ1n) is 12.2. The Morgan fingerprint density at radius 1 is 1.11 bits per heavy atom.